The first-order valence-electron chi connectivity index (χ1n) is 8.52. The van der Waals surface area contributed by atoms with Gasteiger partial charge in [-0.1, -0.05) is 36.4 Å². The molecule has 1 aliphatic heterocycles. The normalized spacial score (nSPS) is 19.6. The highest BCUT2D eigenvalue weighted by Gasteiger charge is 2.41. The minimum Gasteiger partial charge on any atom is -0.459 e. The monoisotopic (exact) mass is 365 g/mol. The Morgan fingerprint density at radius 1 is 1.08 bits per heavy atom. The fraction of sp³-hybridized carbons (Fsp3) is 0.200. The summed E-state index contributed by atoms with van der Waals surface area (Å²) in [6, 6.07) is 19.4. The maximum atomic E-state index is 9.47. The summed E-state index contributed by atoms with van der Waals surface area (Å²) in [6.45, 7) is 0.445. The van der Waals surface area contributed by atoms with Gasteiger partial charge in [0, 0.05) is 18.3 Å². The van der Waals surface area contributed by atoms with Crippen molar-refractivity contribution in [2.45, 2.75) is 12.1 Å². The predicted molar refractivity (Wildman–Crippen MR) is 103 cm³/mol. The van der Waals surface area contributed by atoms with Gasteiger partial charge >= 0.3 is 0 Å². The van der Waals surface area contributed by atoms with Crippen molar-refractivity contribution in [3.63, 3.8) is 0 Å². The number of furan rings is 1. The summed E-state index contributed by atoms with van der Waals surface area (Å²) in [6.07, 6.45) is 1.77. The van der Waals surface area contributed by atoms with E-state index >= 15 is 0 Å². The number of aromatic nitrogens is 1. The zero-order valence-electron chi connectivity index (χ0n) is 14.1. The molecule has 3 heterocycles. The summed E-state index contributed by atoms with van der Waals surface area (Å²) in [5, 5.41) is 13.4. The van der Waals surface area contributed by atoms with E-state index in [2.05, 4.69) is 10.3 Å². The van der Waals surface area contributed by atoms with Crippen LogP contribution in [-0.2, 0) is 0 Å². The van der Waals surface area contributed by atoms with Crippen LogP contribution in [0.4, 0.5) is 0 Å². The third-order valence-corrected chi connectivity index (χ3v) is 4.87. The number of aliphatic hydroxyl groups excluding tert-OH is 1. The molecule has 3 aromatic rings. The van der Waals surface area contributed by atoms with E-state index in [9.17, 15) is 5.11 Å². The van der Waals surface area contributed by atoms with Crippen molar-refractivity contribution in [3.8, 4) is 11.3 Å². The second-order valence-corrected chi connectivity index (χ2v) is 6.50. The molecule has 0 unspecified atom stereocenters. The van der Waals surface area contributed by atoms with Crippen molar-refractivity contribution in [1.29, 1.82) is 0 Å². The van der Waals surface area contributed by atoms with Crippen LogP contribution in [0, 0.1) is 0 Å². The summed E-state index contributed by atoms with van der Waals surface area (Å²) in [7, 11) is 0. The van der Waals surface area contributed by atoms with Crippen LogP contribution in [0.2, 0.25) is 0 Å². The van der Waals surface area contributed by atoms with Crippen LogP contribution >= 0.6 is 12.2 Å². The van der Waals surface area contributed by atoms with Gasteiger partial charge in [-0.05, 0) is 36.5 Å². The van der Waals surface area contributed by atoms with Crippen molar-refractivity contribution in [1.82, 2.24) is 15.2 Å². The summed E-state index contributed by atoms with van der Waals surface area (Å²) in [4.78, 5) is 6.44. The molecule has 6 heteroatoms. The Hall–Kier alpha value is -2.70. The number of benzene rings is 1. The van der Waals surface area contributed by atoms with Gasteiger partial charge in [-0.2, -0.15) is 0 Å². The van der Waals surface area contributed by atoms with Gasteiger partial charge in [0.1, 0.15) is 17.6 Å². The Kier molecular flexibility index (Phi) is 4.69. The van der Waals surface area contributed by atoms with E-state index in [1.165, 1.54) is 0 Å². The molecule has 0 bridgehead atoms. The smallest absolute Gasteiger partial charge is 0.170 e. The molecule has 2 N–H and O–H groups in total. The van der Waals surface area contributed by atoms with Crippen LogP contribution in [0.1, 0.15) is 23.5 Å². The Labute approximate surface area is 157 Å². The first-order valence-corrected chi connectivity index (χ1v) is 8.93. The number of β-amino-alcohol motifs (C(OH)–C–C–N with tert-alkyl or cyclic N) is 1. The second-order valence-electron chi connectivity index (χ2n) is 6.11. The molecular formula is C20H19N3O2S. The Morgan fingerprint density at radius 3 is 2.62 bits per heavy atom. The molecule has 5 nitrogen and oxygen atoms in total. The number of rotatable bonds is 5. The van der Waals surface area contributed by atoms with Gasteiger partial charge in [-0.15, -0.1) is 0 Å². The molecule has 4 rings (SSSR count). The minimum absolute atomic E-state index is 0.0134. The molecule has 1 fully saturated rings. The number of thiocarbonyl (C=S) groups is 1. The number of nitrogens with one attached hydrogen (secondary N) is 1. The number of aliphatic hydroxyl groups is 1. The van der Waals surface area contributed by atoms with Gasteiger partial charge in [-0.25, -0.2) is 0 Å². The molecular weight excluding hydrogens is 346 g/mol. The molecule has 0 radical (unpaired) electrons. The van der Waals surface area contributed by atoms with Crippen LogP contribution in [0.3, 0.4) is 0 Å². The third kappa shape index (κ3) is 3.09. The second kappa shape index (κ2) is 7.27. The highest BCUT2D eigenvalue weighted by molar-refractivity contribution is 7.80. The van der Waals surface area contributed by atoms with E-state index in [0.29, 0.717) is 11.7 Å². The highest BCUT2D eigenvalue weighted by atomic mass is 32.1. The van der Waals surface area contributed by atoms with Crippen LogP contribution in [0.25, 0.3) is 11.3 Å². The van der Waals surface area contributed by atoms with Crippen molar-refractivity contribution in [2.75, 3.05) is 13.2 Å². The first-order chi connectivity index (χ1) is 12.8. The van der Waals surface area contributed by atoms with Crippen LogP contribution < -0.4 is 5.32 Å². The SMILES string of the molecule is OCCN1C(=S)N[C@@H](c2ccccn2)[C@H]1c1ccc(-c2ccccc2)o1. The van der Waals surface area contributed by atoms with E-state index in [1.807, 2.05) is 65.6 Å². The van der Waals surface area contributed by atoms with E-state index in [-0.39, 0.29) is 18.7 Å². The molecule has 2 aromatic heterocycles. The summed E-state index contributed by atoms with van der Waals surface area (Å²) in [5.41, 5.74) is 1.91. The van der Waals surface area contributed by atoms with Gasteiger partial charge in [-0.3, -0.25) is 4.98 Å². The molecule has 26 heavy (non-hydrogen) atoms. The van der Waals surface area contributed by atoms with E-state index in [0.717, 1.165) is 22.8 Å². The predicted octanol–water partition coefficient (Wildman–Crippen LogP) is 3.31. The highest BCUT2D eigenvalue weighted by Crippen LogP contribution is 2.40. The summed E-state index contributed by atoms with van der Waals surface area (Å²) in [5.74, 6) is 1.60. The summed E-state index contributed by atoms with van der Waals surface area (Å²) >= 11 is 5.49. The topological polar surface area (TPSA) is 61.5 Å². The Bertz CT molecular complexity index is 882. The lowest BCUT2D eigenvalue weighted by Crippen LogP contribution is -2.32. The fourth-order valence-corrected chi connectivity index (χ4v) is 3.66. The largest absolute Gasteiger partial charge is 0.459 e. The molecule has 0 aliphatic carbocycles. The lowest BCUT2D eigenvalue weighted by molar-refractivity contribution is 0.209. The number of hydrogen-bond donors (Lipinski definition) is 2. The van der Waals surface area contributed by atoms with Crippen molar-refractivity contribution in [2.24, 2.45) is 0 Å². The lowest BCUT2D eigenvalue weighted by Gasteiger charge is -2.25. The average Bonchev–Trinajstić information content (AvgIpc) is 3.29. The fourth-order valence-electron chi connectivity index (χ4n) is 3.33. The molecule has 0 saturated carbocycles. The molecule has 1 aliphatic rings. The lowest BCUT2D eigenvalue weighted by atomic mass is 10.0. The van der Waals surface area contributed by atoms with Gasteiger partial charge in [0.2, 0.25) is 0 Å². The number of pyridine rings is 1. The number of hydrogen-bond acceptors (Lipinski definition) is 4. The summed E-state index contributed by atoms with van der Waals surface area (Å²) < 4.78 is 6.18. The van der Waals surface area contributed by atoms with Crippen molar-refractivity contribution in [3.05, 3.63) is 78.3 Å². The molecule has 0 spiro atoms. The Morgan fingerprint density at radius 2 is 1.88 bits per heavy atom. The van der Waals surface area contributed by atoms with Crippen molar-refractivity contribution >= 4 is 17.3 Å². The first kappa shape index (κ1) is 16.8. The van der Waals surface area contributed by atoms with Crippen molar-refractivity contribution < 1.29 is 9.52 Å². The Balaban J connectivity index is 1.72. The van der Waals surface area contributed by atoms with E-state index in [1.54, 1.807) is 6.20 Å². The molecule has 1 aromatic carbocycles. The number of nitrogens with zero attached hydrogens (tertiary/aromatic N) is 2. The average molecular weight is 365 g/mol. The zero-order valence-corrected chi connectivity index (χ0v) is 14.9. The van der Waals surface area contributed by atoms with Gasteiger partial charge in [0.25, 0.3) is 0 Å². The molecule has 1 saturated heterocycles. The van der Waals surface area contributed by atoms with Gasteiger partial charge in [0.05, 0.1) is 18.3 Å². The molecule has 0 amide bonds. The van der Waals surface area contributed by atoms with Gasteiger partial charge in [0.15, 0.2) is 5.11 Å². The maximum absolute atomic E-state index is 9.47. The quantitative estimate of drug-likeness (QED) is 0.677. The molecule has 132 valence electrons. The van der Waals surface area contributed by atoms with E-state index < -0.39 is 0 Å². The van der Waals surface area contributed by atoms with Gasteiger partial charge < -0.3 is 19.7 Å². The standard InChI is InChI=1S/C20H19N3O2S/c24-13-12-23-19(18(22-20(23)26)15-8-4-5-11-21-15)17-10-9-16(25-17)14-6-2-1-3-7-14/h1-11,18-19,24H,12-13H2,(H,22,26)/t18-,19+/m0/s1. The maximum Gasteiger partial charge on any atom is 0.170 e. The minimum atomic E-state index is -0.165. The molecule has 2 atom stereocenters. The van der Waals surface area contributed by atoms with Crippen LogP contribution in [-0.4, -0.2) is 33.3 Å². The third-order valence-electron chi connectivity index (χ3n) is 4.52. The van der Waals surface area contributed by atoms with Crippen LogP contribution in [0.5, 0.6) is 0 Å². The van der Waals surface area contributed by atoms with E-state index in [4.69, 9.17) is 16.6 Å². The van der Waals surface area contributed by atoms with Crippen LogP contribution in [0.15, 0.2) is 71.3 Å². The zero-order chi connectivity index (χ0) is 17.9.